The monoisotopic (exact) mass is 204 g/mol. The number of hydrogen-bond donors (Lipinski definition) is 1. The number of hydrogen-bond acceptors (Lipinski definition) is 2. The molecule has 1 aromatic rings. The van der Waals surface area contributed by atoms with Crippen LogP contribution in [0.4, 0.5) is 11.4 Å². The molecule has 2 nitrogen and oxygen atoms in total. The van der Waals surface area contributed by atoms with Crippen molar-refractivity contribution in [3.05, 3.63) is 23.8 Å². The Morgan fingerprint density at radius 3 is 2.80 bits per heavy atom. The molecule has 0 amide bonds. The Morgan fingerprint density at radius 2 is 2.13 bits per heavy atom. The molecule has 82 valence electrons. The fourth-order valence-corrected chi connectivity index (χ4v) is 2.32. The van der Waals surface area contributed by atoms with Crippen LogP contribution in [0.15, 0.2) is 18.2 Å². The van der Waals surface area contributed by atoms with Crippen molar-refractivity contribution in [2.75, 3.05) is 17.2 Å². The average Bonchev–Trinajstić information content (AvgIpc) is 2.23. The van der Waals surface area contributed by atoms with Gasteiger partial charge in [0.15, 0.2) is 0 Å². The summed E-state index contributed by atoms with van der Waals surface area (Å²) in [6.07, 6.45) is 3.99. The zero-order valence-corrected chi connectivity index (χ0v) is 9.66. The topological polar surface area (TPSA) is 29.3 Å². The van der Waals surface area contributed by atoms with E-state index in [0.717, 1.165) is 5.69 Å². The van der Waals surface area contributed by atoms with Crippen LogP contribution in [0.5, 0.6) is 0 Å². The van der Waals surface area contributed by atoms with E-state index in [1.807, 2.05) is 6.07 Å². The summed E-state index contributed by atoms with van der Waals surface area (Å²) in [6.45, 7) is 5.57. The summed E-state index contributed by atoms with van der Waals surface area (Å²) >= 11 is 0. The minimum atomic E-state index is 0.668. The van der Waals surface area contributed by atoms with Gasteiger partial charge in [0.25, 0.3) is 0 Å². The van der Waals surface area contributed by atoms with E-state index < -0.39 is 0 Å². The zero-order chi connectivity index (χ0) is 10.8. The fourth-order valence-electron chi connectivity index (χ4n) is 2.32. The van der Waals surface area contributed by atoms with Crippen molar-refractivity contribution in [2.45, 2.75) is 39.2 Å². The average molecular weight is 204 g/mol. The Bertz CT molecular complexity index is 346. The van der Waals surface area contributed by atoms with Gasteiger partial charge in [-0.2, -0.15) is 0 Å². The van der Waals surface area contributed by atoms with Crippen LogP contribution in [0.1, 0.15) is 31.7 Å². The highest BCUT2D eigenvalue weighted by Gasteiger charge is 2.18. The van der Waals surface area contributed by atoms with E-state index in [9.17, 15) is 0 Å². The van der Waals surface area contributed by atoms with Gasteiger partial charge in [-0.3, -0.25) is 0 Å². The second-order valence-corrected chi connectivity index (χ2v) is 4.58. The van der Waals surface area contributed by atoms with Gasteiger partial charge >= 0.3 is 0 Å². The van der Waals surface area contributed by atoms with Crippen LogP contribution in [-0.2, 0) is 0 Å². The Kier molecular flexibility index (Phi) is 2.85. The van der Waals surface area contributed by atoms with Crippen LogP contribution in [0.25, 0.3) is 0 Å². The molecule has 1 aromatic carbocycles. The molecule has 0 radical (unpaired) electrons. The number of benzene rings is 1. The standard InChI is InChI=1S/C13H20N2/c1-10-9-12(6-7-13(10)14)15-8-4-3-5-11(15)2/h6-7,9,11H,3-5,8,14H2,1-2H3/t11-/m1/s1. The van der Waals surface area contributed by atoms with Gasteiger partial charge in [-0.15, -0.1) is 0 Å². The molecule has 1 aliphatic rings. The maximum Gasteiger partial charge on any atom is 0.0372 e. The SMILES string of the molecule is Cc1cc(N2CCCC[C@H]2C)ccc1N. The lowest BCUT2D eigenvalue weighted by atomic mass is 10.0. The second-order valence-electron chi connectivity index (χ2n) is 4.58. The van der Waals surface area contributed by atoms with Crippen molar-refractivity contribution in [2.24, 2.45) is 0 Å². The number of nitrogens with zero attached hydrogens (tertiary/aromatic N) is 1. The number of rotatable bonds is 1. The second kappa shape index (κ2) is 4.13. The first-order valence-electron chi connectivity index (χ1n) is 5.81. The summed E-state index contributed by atoms with van der Waals surface area (Å²) < 4.78 is 0. The minimum Gasteiger partial charge on any atom is -0.399 e. The number of aryl methyl sites for hydroxylation is 1. The molecule has 15 heavy (non-hydrogen) atoms. The molecule has 1 heterocycles. The van der Waals surface area contributed by atoms with Crippen molar-refractivity contribution >= 4 is 11.4 Å². The van der Waals surface area contributed by atoms with Gasteiger partial charge in [-0.1, -0.05) is 0 Å². The molecule has 2 rings (SSSR count). The molecule has 0 spiro atoms. The minimum absolute atomic E-state index is 0.668. The first-order chi connectivity index (χ1) is 7.18. The summed E-state index contributed by atoms with van der Waals surface area (Å²) in [4.78, 5) is 2.50. The Morgan fingerprint density at radius 1 is 1.33 bits per heavy atom. The molecular formula is C13H20N2. The first-order valence-corrected chi connectivity index (χ1v) is 5.81. The Labute approximate surface area is 92.1 Å². The fraction of sp³-hybridized carbons (Fsp3) is 0.538. The predicted molar refractivity (Wildman–Crippen MR) is 66.3 cm³/mol. The summed E-state index contributed by atoms with van der Waals surface area (Å²) in [7, 11) is 0. The van der Waals surface area contributed by atoms with Crippen molar-refractivity contribution in [3.8, 4) is 0 Å². The summed E-state index contributed by atoms with van der Waals surface area (Å²) in [6, 6.07) is 7.04. The van der Waals surface area contributed by atoms with Crippen molar-refractivity contribution < 1.29 is 0 Å². The molecular weight excluding hydrogens is 184 g/mol. The highest BCUT2D eigenvalue weighted by atomic mass is 15.2. The number of piperidine rings is 1. The van der Waals surface area contributed by atoms with Crippen LogP contribution in [0.2, 0.25) is 0 Å². The lowest BCUT2D eigenvalue weighted by Gasteiger charge is -2.35. The molecule has 0 unspecified atom stereocenters. The molecule has 2 N–H and O–H groups in total. The van der Waals surface area contributed by atoms with Gasteiger partial charge < -0.3 is 10.6 Å². The third-order valence-electron chi connectivity index (χ3n) is 3.39. The van der Waals surface area contributed by atoms with E-state index in [4.69, 9.17) is 5.73 Å². The lowest BCUT2D eigenvalue weighted by Crippen LogP contribution is -2.37. The van der Waals surface area contributed by atoms with E-state index >= 15 is 0 Å². The van der Waals surface area contributed by atoms with E-state index in [1.165, 1.54) is 37.1 Å². The van der Waals surface area contributed by atoms with Gasteiger partial charge in [0.05, 0.1) is 0 Å². The van der Waals surface area contributed by atoms with Crippen LogP contribution < -0.4 is 10.6 Å². The molecule has 1 fully saturated rings. The number of nitrogen functional groups attached to an aromatic ring is 1. The normalized spacial score (nSPS) is 21.7. The van der Waals surface area contributed by atoms with Gasteiger partial charge in [0.1, 0.15) is 0 Å². The van der Waals surface area contributed by atoms with Crippen LogP contribution >= 0.6 is 0 Å². The van der Waals surface area contributed by atoms with E-state index in [2.05, 4.69) is 30.9 Å². The molecule has 0 saturated carbocycles. The van der Waals surface area contributed by atoms with E-state index in [1.54, 1.807) is 0 Å². The highest BCUT2D eigenvalue weighted by Crippen LogP contribution is 2.26. The molecule has 0 bridgehead atoms. The number of anilines is 2. The maximum atomic E-state index is 5.83. The zero-order valence-electron chi connectivity index (χ0n) is 9.66. The van der Waals surface area contributed by atoms with Crippen molar-refractivity contribution in [1.82, 2.24) is 0 Å². The lowest BCUT2D eigenvalue weighted by molar-refractivity contribution is 0.485. The first kappa shape index (κ1) is 10.3. The summed E-state index contributed by atoms with van der Waals surface area (Å²) in [5, 5.41) is 0. The quantitative estimate of drug-likeness (QED) is 0.713. The molecule has 1 atom stereocenters. The molecule has 0 aromatic heterocycles. The van der Waals surface area contributed by atoms with Crippen LogP contribution in [-0.4, -0.2) is 12.6 Å². The maximum absolute atomic E-state index is 5.83. The molecule has 1 saturated heterocycles. The summed E-state index contributed by atoms with van der Waals surface area (Å²) in [5.41, 5.74) is 9.24. The molecule has 1 aliphatic heterocycles. The van der Waals surface area contributed by atoms with E-state index in [-0.39, 0.29) is 0 Å². The van der Waals surface area contributed by atoms with E-state index in [0.29, 0.717) is 6.04 Å². The van der Waals surface area contributed by atoms with Gasteiger partial charge in [-0.25, -0.2) is 0 Å². The number of nitrogens with two attached hydrogens (primary N) is 1. The van der Waals surface area contributed by atoms with Crippen molar-refractivity contribution in [3.63, 3.8) is 0 Å². The Balaban J connectivity index is 2.24. The molecule has 0 aliphatic carbocycles. The van der Waals surface area contributed by atoms with Crippen LogP contribution in [0, 0.1) is 6.92 Å². The van der Waals surface area contributed by atoms with Gasteiger partial charge in [0.2, 0.25) is 0 Å². The van der Waals surface area contributed by atoms with Gasteiger partial charge in [0, 0.05) is 24.0 Å². The largest absolute Gasteiger partial charge is 0.399 e. The van der Waals surface area contributed by atoms with Crippen LogP contribution in [0.3, 0.4) is 0 Å². The van der Waals surface area contributed by atoms with Gasteiger partial charge in [-0.05, 0) is 56.9 Å². The molecule has 2 heteroatoms. The third-order valence-corrected chi connectivity index (χ3v) is 3.39. The van der Waals surface area contributed by atoms with Crippen molar-refractivity contribution in [1.29, 1.82) is 0 Å². The summed E-state index contributed by atoms with van der Waals surface area (Å²) in [5.74, 6) is 0. The highest BCUT2D eigenvalue weighted by molar-refractivity contribution is 5.58. The Hall–Kier alpha value is -1.18. The third kappa shape index (κ3) is 2.09. The predicted octanol–water partition coefficient (Wildman–Crippen LogP) is 2.96. The smallest absolute Gasteiger partial charge is 0.0372 e.